The minimum Gasteiger partial charge on any atom is -0.481 e. The molecule has 6 N–H and O–H groups in total. The topological polar surface area (TPSA) is 162 Å². The van der Waals surface area contributed by atoms with E-state index in [0.29, 0.717) is 0 Å². The molecule has 0 aromatic heterocycles. The number of hydrogen-bond donors (Lipinski definition) is 4. The SMILES string of the molecule is NOP(=O)(ON)C(CC(=O)O)CC(=O)O. The molecule has 0 aliphatic heterocycles. The van der Waals surface area contributed by atoms with E-state index >= 15 is 0 Å². The Hall–Kier alpha value is -0.990. The van der Waals surface area contributed by atoms with E-state index in [9.17, 15) is 14.2 Å². The van der Waals surface area contributed by atoms with Crippen LogP contribution in [-0.4, -0.2) is 27.8 Å². The summed E-state index contributed by atoms with van der Waals surface area (Å²) in [5.41, 5.74) is -1.43. The molecule has 0 spiro atoms. The Bertz CT molecular complexity index is 269. The fraction of sp³-hybridized carbons (Fsp3) is 0.600. The Morgan fingerprint density at radius 3 is 1.67 bits per heavy atom. The molecule has 0 aliphatic rings. The van der Waals surface area contributed by atoms with Gasteiger partial charge in [0.2, 0.25) is 0 Å². The van der Waals surface area contributed by atoms with E-state index in [1.54, 1.807) is 0 Å². The van der Waals surface area contributed by atoms with Crippen LogP contribution in [0.4, 0.5) is 0 Å². The molecule has 0 rings (SSSR count). The summed E-state index contributed by atoms with van der Waals surface area (Å²) in [5, 5.41) is 16.9. The molecule has 15 heavy (non-hydrogen) atoms. The average Bonchev–Trinajstić information content (AvgIpc) is 2.14. The lowest BCUT2D eigenvalue weighted by Crippen LogP contribution is -2.23. The Labute approximate surface area is 84.4 Å². The maximum absolute atomic E-state index is 11.5. The maximum Gasteiger partial charge on any atom is 0.366 e. The zero-order valence-corrected chi connectivity index (χ0v) is 8.42. The van der Waals surface area contributed by atoms with Gasteiger partial charge in [-0.3, -0.25) is 14.2 Å². The lowest BCUT2D eigenvalue weighted by Gasteiger charge is -2.19. The summed E-state index contributed by atoms with van der Waals surface area (Å²) in [6, 6.07) is 0. The van der Waals surface area contributed by atoms with E-state index in [0.717, 1.165) is 0 Å². The van der Waals surface area contributed by atoms with Crippen LogP contribution in [0.5, 0.6) is 0 Å². The Kier molecular flexibility index (Phi) is 5.40. The maximum atomic E-state index is 11.5. The van der Waals surface area contributed by atoms with Crippen LogP contribution in [0, 0.1) is 0 Å². The van der Waals surface area contributed by atoms with Gasteiger partial charge < -0.3 is 10.2 Å². The number of rotatable bonds is 7. The van der Waals surface area contributed by atoms with Gasteiger partial charge in [0.1, 0.15) is 0 Å². The zero-order chi connectivity index (χ0) is 12.1. The van der Waals surface area contributed by atoms with Gasteiger partial charge in [-0.25, -0.2) is 21.0 Å². The number of aliphatic carboxylic acids is 2. The summed E-state index contributed by atoms with van der Waals surface area (Å²) < 4.78 is 19.4. The molecule has 0 heterocycles. The highest BCUT2D eigenvalue weighted by atomic mass is 31.2. The van der Waals surface area contributed by atoms with Crippen LogP contribution >= 0.6 is 7.60 Å². The summed E-state index contributed by atoms with van der Waals surface area (Å²) in [7, 11) is -4.11. The van der Waals surface area contributed by atoms with Crippen LogP contribution in [0.3, 0.4) is 0 Å². The van der Waals surface area contributed by atoms with Crippen molar-refractivity contribution < 1.29 is 33.6 Å². The molecule has 0 atom stereocenters. The molecule has 0 fully saturated rings. The monoisotopic (exact) mass is 242 g/mol. The molecule has 10 heteroatoms. The van der Waals surface area contributed by atoms with Crippen LogP contribution in [0.2, 0.25) is 0 Å². The van der Waals surface area contributed by atoms with Gasteiger partial charge in [0.15, 0.2) is 0 Å². The highest BCUT2D eigenvalue weighted by Gasteiger charge is 2.38. The minimum absolute atomic E-state index is 0.738. The summed E-state index contributed by atoms with van der Waals surface area (Å²) in [6.07, 6.45) is -1.48. The van der Waals surface area contributed by atoms with Gasteiger partial charge in [-0.15, -0.1) is 0 Å². The van der Waals surface area contributed by atoms with Crippen molar-refractivity contribution in [1.29, 1.82) is 0 Å². The van der Waals surface area contributed by atoms with Gasteiger partial charge in [0, 0.05) is 0 Å². The van der Waals surface area contributed by atoms with Gasteiger partial charge in [-0.1, -0.05) is 0 Å². The molecule has 0 unspecified atom stereocenters. The second kappa shape index (κ2) is 5.79. The third-order valence-electron chi connectivity index (χ3n) is 1.56. The molecule has 0 bridgehead atoms. The lowest BCUT2D eigenvalue weighted by atomic mass is 10.2. The number of nitrogens with two attached hydrogens (primary N) is 2. The van der Waals surface area contributed by atoms with Crippen LogP contribution in [0.25, 0.3) is 0 Å². The second-order valence-corrected chi connectivity index (χ2v) is 4.83. The van der Waals surface area contributed by atoms with E-state index in [-0.39, 0.29) is 0 Å². The highest BCUT2D eigenvalue weighted by Crippen LogP contribution is 2.52. The molecule has 9 nitrogen and oxygen atoms in total. The Balaban J connectivity index is 4.81. The predicted molar refractivity (Wildman–Crippen MR) is 46.4 cm³/mol. The summed E-state index contributed by atoms with van der Waals surface area (Å²) >= 11 is 0. The molecule has 0 aromatic carbocycles. The zero-order valence-electron chi connectivity index (χ0n) is 7.53. The van der Waals surface area contributed by atoms with Gasteiger partial charge in [0.25, 0.3) is 0 Å². The van der Waals surface area contributed by atoms with Gasteiger partial charge in [-0.05, 0) is 0 Å². The second-order valence-electron chi connectivity index (χ2n) is 2.60. The molecule has 0 aromatic rings. The standard InChI is InChI=1S/C5H11N2O7P/c6-13-15(12,14-7)3(1-4(8)9)2-5(10)11/h3H,1-2,6-7H2,(H,8,9)(H,10,11). The van der Waals surface area contributed by atoms with Crippen molar-refractivity contribution in [2.75, 3.05) is 0 Å². The fourth-order valence-corrected chi connectivity index (χ4v) is 2.05. The molecule has 0 radical (unpaired) electrons. The van der Waals surface area contributed by atoms with E-state index < -0.39 is 38.0 Å². The summed E-state index contributed by atoms with van der Waals surface area (Å²) in [6.45, 7) is 0. The normalized spacial score (nSPS) is 11.7. The van der Waals surface area contributed by atoms with Gasteiger partial charge >= 0.3 is 19.5 Å². The molecule has 0 saturated heterocycles. The van der Waals surface area contributed by atoms with Crippen molar-refractivity contribution in [3.8, 4) is 0 Å². The van der Waals surface area contributed by atoms with E-state index in [1.807, 2.05) is 0 Å². The van der Waals surface area contributed by atoms with Crippen molar-refractivity contribution in [3.63, 3.8) is 0 Å². The van der Waals surface area contributed by atoms with Crippen molar-refractivity contribution in [1.82, 2.24) is 0 Å². The van der Waals surface area contributed by atoms with Crippen molar-refractivity contribution in [2.24, 2.45) is 11.8 Å². The largest absolute Gasteiger partial charge is 0.481 e. The molecule has 0 aliphatic carbocycles. The quantitative estimate of drug-likeness (QED) is 0.333. The first-order chi connectivity index (χ1) is 6.85. The lowest BCUT2D eigenvalue weighted by molar-refractivity contribution is -0.138. The van der Waals surface area contributed by atoms with Crippen LogP contribution in [0.1, 0.15) is 12.8 Å². The molecular formula is C5H11N2O7P. The van der Waals surface area contributed by atoms with Crippen molar-refractivity contribution in [3.05, 3.63) is 0 Å². The van der Waals surface area contributed by atoms with Crippen LogP contribution in [0.15, 0.2) is 0 Å². The van der Waals surface area contributed by atoms with Gasteiger partial charge in [0.05, 0.1) is 18.5 Å². The van der Waals surface area contributed by atoms with Crippen LogP contribution in [-0.2, 0) is 23.4 Å². The molecule has 0 amide bonds. The summed E-state index contributed by atoms with van der Waals surface area (Å²) in [4.78, 5) is 20.7. The van der Waals surface area contributed by atoms with Crippen LogP contribution < -0.4 is 11.8 Å². The third-order valence-corrected chi connectivity index (χ3v) is 3.41. The Morgan fingerprint density at radius 1 is 1.13 bits per heavy atom. The van der Waals surface area contributed by atoms with E-state index in [4.69, 9.17) is 10.2 Å². The first kappa shape index (κ1) is 14.0. The van der Waals surface area contributed by atoms with E-state index in [1.165, 1.54) is 0 Å². The number of carboxylic acids is 2. The third kappa shape index (κ3) is 4.36. The number of hydrogen-bond acceptors (Lipinski definition) is 7. The Morgan fingerprint density at radius 2 is 1.47 bits per heavy atom. The molecule has 88 valence electrons. The average molecular weight is 242 g/mol. The smallest absolute Gasteiger partial charge is 0.366 e. The predicted octanol–water partition coefficient (Wildman–Crippen LogP) is -0.722. The van der Waals surface area contributed by atoms with E-state index in [2.05, 4.69) is 21.0 Å². The number of carboxylic acid groups (broad SMARTS) is 2. The first-order valence-corrected chi connectivity index (χ1v) is 5.27. The van der Waals surface area contributed by atoms with Crippen molar-refractivity contribution in [2.45, 2.75) is 18.5 Å². The van der Waals surface area contributed by atoms with Crippen molar-refractivity contribution >= 4 is 19.5 Å². The number of carbonyl (C=O) groups is 2. The first-order valence-electron chi connectivity index (χ1n) is 3.66. The minimum atomic E-state index is -4.11. The highest BCUT2D eigenvalue weighted by molar-refractivity contribution is 7.54. The molecule has 0 saturated carbocycles. The van der Waals surface area contributed by atoms with Gasteiger partial charge in [-0.2, -0.15) is 0 Å². The fourth-order valence-electron chi connectivity index (χ4n) is 0.896. The summed E-state index contributed by atoms with van der Waals surface area (Å²) in [5.74, 6) is 6.50. The molecular weight excluding hydrogens is 231 g/mol.